The van der Waals surface area contributed by atoms with Gasteiger partial charge < -0.3 is 14.8 Å². The van der Waals surface area contributed by atoms with Crippen LogP contribution in [0.3, 0.4) is 0 Å². The summed E-state index contributed by atoms with van der Waals surface area (Å²) in [5, 5.41) is 3.45. The highest BCUT2D eigenvalue weighted by Gasteiger charge is 2.41. The van der Waals surface area contributed by atoms with Crippen molar-refractivity contribution in [1.82, 2.24) is 5.32 Å². The molecule has 1 fully saturated rings. The van der Waals surface area contributed by atoms with Crippen molar-refractivity contribution in [2.24, 2.45) is 0 Å². The lowest BCUT2D eigenvalue weighted by atomic mass is 9.86. The molecule has 1 aliphatic carbocycles. The second-order valence-electron chi connectivity index (χ2n) is 5.94. The molecule has 2 rings (SSSR count). The Bertz CT molecular complexity index is 425. The van der Waals surface area contributed by atoms with Crippen LogP contribution in [0.2, 0.25) is 0 Å². The van der Waals surface area contributed by atoms with Gasteiger partial charge in [0, 0.05) is 7.11 Å². The quantitative estimate of drug-likeness (QED) is 0.860. The fourth-order valence-corrected chi connectivity index (χ4v) is 3.36. The van der Waals surface area contributed by atoms with Gasteiger partial charge in [0.2, 0.25) is 0 Å². The van der Waals surface area contributed by atoms with E-state index in [0.717, 1.165) is 18.6 Å². The van der Waals surface area contributed by atoms with Gasteiger partial charge in [0.25, 0.3) is 0 Å². The van der Waals surface area contributed by atoms with Crippen molar-refractivity contribution in [1.29, 1.82) is 0 Å². The van der Waals surface area contributed by atoms with E-state index in [1.807, 2.05) is 20.2 Å². The van der Waals surface area contributed by atoms with E-state index in [4.69, 9.17) is 9.47 Å². The number of hydrogen-bond donors (Lipinski definition) is 1. The number of rotatable bonds is 6. The zero-order valence-corrected chi connectivity index (χ0v) is 13.1. The van der Waals surface area contributed by atoms with Gasteiger partial charge in [-0.25, -0.2) is 0 Å². The van der Waals surface area contributed by atoms with E-state index >= 15 is 0 Å². The monoisotopic (exact) mass is 277 g/mol. The summed E-state index contributed by atoms with van der Waals surface area (Å²) in [5.41, 5.74) is 1.17. The zero-order chi connectivity index (χ0) is 14.6. The van der Waals surface area contributed by atoms with E-state index in [9.17, 15) is 0 Å². The van der Waals surface area contributed by atoms with Gasteiger partial charge in [-0.05, 0) is 51.4 Å². The summed E-state index contributed by atoms with van der Waals surface area (Å²) in [6, 6.07) is 8.60. The van der Waals surface area contributed by atoms with E-state index in [1.165, 1.54) is 18.4 Å². The van der Waals surface area contributed by atoms with Crippen LogP contribution in [0.1, 0.15) is 51.1 Å². The van der Waals surface area contributed by atoms with Crippen molar-refractivity contribution in [3.63, 3.8) is 0 Å². The van der Waals surface area contributed by atoms with Crippen LogP contribution in [-0.4, -0.2) is 25.9 Å². The Morgan fingerprint density at radius 3 is 2.45 bits per heavy atom. The van der Waals surface area contributed by atoms with E-state index in [1.54, 1.807) is 0 Å². The topological polar surface area (TPSA) is 30.5 Å². The summed E-state index contributed by atoms with van der Waals surface area (Å²) >= 11 is 0. The minimum Gasteiger partial charge on any atom is -0.491 e. The molecule has 1 saturated carbocycles. The number of hydrogen-bond acceptors (Lipinski definition) is 3. The molecule has 1 aliphatic rings. The fourth-order valence-electron chi connectivity index (χ4n) is 3.36. The first-order valence-electron chi connectivity index (χ1n) is 7.60. The Morgan fingerprint density at radius 1 is 1.20 bits per heavy atom. The van der Waals surface area contributed by atoms with Crippen molar-refractivity contribution in [2.45, 2.75) is 57.3 Å². The van der Waals surface area contributed by atoms with Gasteiger partial charge >= 0.3 is 0 Å². The lowest BCUT2D eigenvalue weighted by Crippen LogP contribution is -2.42. The van der Waals surface area contributed by atoms with E-state index in [2.05, 4.69) is 37.4 Å². The molecule has 112 valence electrons. The Hall–Kier alpha value is -1.06. The molecule has 1 aromatic carbocycles. The van der Waals surface area contributed by atoms with Gasteiger partial charge in [-0.3, -0.25) is 0 Å². The van der Waals surface area contributed by atoms with Crippen LogP contribution in [0, 0.1) is 0 Å². The molecule has 3 nitrogen and oxygen atoms in total. The summed E-state index contributed by atoms with van der Waals surface area (Å²) in [7, 11) is 3.85. The Kier molecular flexibility index (Phi) is 5.06. The number of benzene rings is 1. The van der Waals surface area contributed by atoms with Gasteiger partial charge in [0.05, 0.1) is 17.7 Å². The van der Waals surface area contributed by atoms with Crippen LogP contribution in [0.5, 0.6) is 5.75 Å². The highest BCUT2D eigenvalue weighted by atomic mass is 16.5. The van der Waals surface area contributed by atoms with Crippen molar-refractivity contribution in [3.8, 4) is 5.75 Å². The van der Waals surface area contributed by atoms with Gasteiger partial charge in [0.1, 0.15) is 5.75 Å². The van der Waals surface area contributed by atoms with Crippen LogP contribution >= 0.6 is 0 Å². The molecule has 1 N–H and O–H groups in total. The standard InChI is InChI=1S/C17H27NO2/c1-13(2)20-15-9-7-8-14(12-15)16(18-3)17(19-4)10-5-6-11-17/h7-9,12-13,16,18H,5-6,10-11H2,1-4H3. The largest absolute Gasteiger partial charge is 0.491 e. The second kappa shape index (κ2) is 6.59. The van der Waals surface area contributed by atoms with Crippen LogP contribution < -0.4 is 10.1 Å². The first-order valence-corrected chi connectivity index (χ1v) is 7.60. The number of ether oxygens (including phenoxy) is 2. The van der Waals surface area contributed by atoms with Gasteiger partial charge in [-0.2, -0.15) is 0 Å². The summed E-state index contributed by atoms with van der Waals surface area (Å²) in [4.78, 5) is 0. The third-order valence-electron chi connectivity index (χ3n) is 4.23. The highest BCUT2D eigenvalue weighted by molar-refractivity contribution is 5.32. The first-order chi connectivity index (χ1) is 9.61. The molecule has 1 unspecified atom stereocenters. The van der Waals surface area contributed by atoms with Crippen LogP contribution in [0.15, 0.2) is 24.3 Å². The minimum absolute atomic E-state index is 0.0782. The molecule has 0 amide bonds. The van der Waals surface area contributed by atoms with Gasteiger partial charge in [-0.15, -0.1) is 0 Å². The molecule has 3 heteroatoms. The van der Waals surface area contributed by atoms with E-state index in [-0.39, 0.29) is 17.7 Å². The molecule has 0 aliphatic heterocycles. The molecule has 0 spiro atoms. The molecular formula is C17H27NO2. The Labute approximate surface area is 122 Å². The molecule has 1 aromatic rings. The minimum atomic E-state index is -0.0782. The van der Waals surface area contributed by atoms with E-state index in [0.29, 0.717) is 0 Å². The summed E-state index contributed by atoms with van der Waals surface area (Å²) in [5.74, 6) is 0.932. The Balaban J connectivity index is 2.27. The molecule has 1 atom stereocenters. The number of methoxy groups -OCH3 is 1. The molecule has 0 aromatic heterocycles. The Morgan fingerprint density at radius 2 is 1.90 bits per heavy atom. The summed E-state index contributed by atoms with van der Waals surface area (Å²) in [6.07, 6.45) is 4.91. The zero-order valence-electron chi connectivity index (χ0n) is 13.1. The lowest BCUT2D eigenvalue weighted by molar-refractivity contribution is -0.0349. The fraction of sp³-hybridized carbons (Fsp3) is 0.647. The molecule has 0 bridgehead atoms. The van der Waals surface area contributed by atoms with Crippen molar-refractivity contribution >= 4 is 0 Å². The SMILES string of the molecule is CNC(c1cccc(OC(C)C)c1)C1(OC)CCCC1. The third kappa shape index (κ3) is 3.15. The summed E-state index contributed by atoms with van der Waals surface area (Å²) < 4.78 is 11.7. The van der Waals surface area contributed by atoms with Crippen LogP contribution in [-0.2, 0) is 4.74 Å². The smallest absolute Gasteiger partial charge is 0.120 e. The molecule has 0 saturated heterocycles. The maximum Gasteiger partial charge on any atom is 0.120 e. The predicted octanol–water partition coefficient (Wildman–Crippen LogP) is 3.69. The predicted molar refractivity (Wildman–Crippen MR) is 82.2 cm³/mol. The molecule has 0 heterocycles. The number of nitrogens with one attached hydrogen (secondary N) is 1. The van der Waals surface area contributed by atoms with Crippen LogP contribution in [0.4, 0.5) is 0 Å². The van der Waals surface area contributed by atoms with Crippen molar-refractivity contribution in [2.75, 3.05) is 14.2 Å². The van der Waals surface area contributed by atoms with Crippen molar-refractivity contribution in [3.05, 3.63) is 29.8 Å². The van der Waals surface area contributed by atoms with Gasteiger partial charge in [0.15, 0.2) is 0 Å². The molecular weight excluding hydrogens is 250 g/mol. The highest BCUT2D eigenvalue weighted by Crippen LogP contribution is 2.42. The normalized spacial score (nSPS) is 19.2. The first kappa shape index (κ1) is 15.3. The molecule has 0 radical (unpaired) electrons. The number of likely N-dealkylation sites (N-methyl/N-ethyl adjacent to an activating group) is 1. The average molecular weight is 277 g/mol. The molecule has 20 heavy (non-hydrogen) atoms. The van der Waals surface area contributed by atoms with Crippen molar-refractivity contribution < 1.29 is 9.47 Å². The maximum absolute atomic E-state index is 5.92. The van der Waals surface area contributed by atoms with E-state index < -0.39 is 0 Å². The second-order valence-corrected chi connectivity index (χ2v) is 5.94. The lowest BCUT2D eigenvalue weighted by Gasteiger charge is -2.36. The maximum atomic E-state index is 5.92. The van der Waals surface area contributed by atoms with Gasteiger partial charge in [-0.1, -0.05) is 25.0 Å². The average Bonchev–Trinajstić information content (AvgIpc) is 2.89. The third-order valence-corrected chi connectivity index (χ3v) is 4.23. The summed E-state index contributed by atoms with van der Waals surface area (Å²) in [6.45, 7) is 4.10. The van der Waals surface area contributed by atoms with Crippen LogP contribution in [0.25, 0.3) is 0 Å².